The Morgan fingerprint density at radius 2 is 0.860 bits per heavy atom. The SMILES string of the molecule is CCCCCc1cc(O)c(C/C=C(\C)CCC=C(C)C)c(OCCOCCOCCOCCOc2cc(CCCCC)cc(O)c2C/C=C(\C)CCC=C(C)C)c1. The predicted octanol–water partition coefficient (Wildman–Crippen LogP) is 12.5. The molecule has 0 aliphatic heterocycles. The van der Waals surface area contributed by atoms with Crippen LogP contribution in [0.15, 0.2) is 70.9 Å². The van der Waals surface area contributed by atoms with E-state index >= 15 is 0 Å². The number of unbranched alkanes of at least 4 members (excludes halogenated alkanes) is 4. The van der Waals surface area contributed by atoms with Crippen molar-refractivity contribution in [2.45, 2.75) is 145 Å². The summed E-state index contributed by atoms with van der Waals surface area (Å²) in [6.07, 6.45) is 22.9. The number of phenols is 2. The molecule has 0 bridgehead atoms. The number of ether oxygens (including phenoxy) is 5. The third kappa shape index (κ3) is 22.9. The van der Waals surface area contributed by atoms with E-state index in [4.69, 9.17) is 23.7 Å². The number of rotatable bonds is 32. The third-order valence-electron chi connectivity index (χ3n) is 9.83. The Hall–Kier alpha value is -3.52. The molecule has 0 saturated heterocycles. The Bertz CT molecular complexity index is 1410. The topological polar surface area (TPSA) is 86.6 Å². The Balaban J connectivity index is 1.77. The van der Waals surface area contributed by atoms with Gasteiger partial charge in [-0.2, -0.15) is 0 Å². The molecule has 0 spiro atoms. The largest absolute Gasteiger partial charge is 0.508 e. The van der Waals surface area contributed by atoms with Crippen LogP contribution in [0.4, 0.5) is 0 Å². The quantitative estimate of drug-likeness (QED) is 0.0564. The standard InChI is InChI=1S/C50H78O7/c1-9-11-13-21-43-35-47(51)45(25-23-41(7)19-15-17-39(3)4)49(37-43)56-33-31-54-29-27-53-28-30-55-32-34-57-50-38-44(22-14-12-10-2)36-48(52)46(50)26-24-42(8)20-16-18-40(5)6/h17-18,23-24,35-38,51-52H,9-16,19-22,25-34H2,1-8H3/b41-23+,42-24+. The summed E-state index contributed by atoms with van der Waals surface area (Å²) in [7, 11) is 0. The maximum absolute atomic E-state index is 11.0. The van der Waals surface area contributed by atoms with Crippen LogP contribution in [-0.2, 0) is 39.9 Å². The molecule has 0 aliphatic rings. The van der Waals surface area contributed by atoms with E-state index in [0.717, 1.165) is 98.0 Å². The van der Waals surface area contributed by atoms with Crippen LogP contribution in [0.3, 0.4) is 0 Å². The molecule has 0 atom stereocenters. The highest BCUT2D eigenvalue weighted by atomic mass is 16.6. The number of hydrogen-bond donors (Lipinski definition) is 2. The van der Waals surface area contributed by atoms with Gasteiger partial charge in [0.15, 0.2) is 0 Å². The molecule has 2 aromatic rings. The number of aryl methyl sites for hydroxylation is 2. The molecule has 57 heavy (non-hydrogen) atoms. The molecule has 0 fully saturated rings. The van der Waals surface area contributed by atoms with Crippen LogP contribution < -0.4 is 9.47 Å². The van der Waals surface area contributed by atoms with E-state index in [1.165, 1.54) is 35.1 Å². The van der Waals surface area contributed by atoms with Crippen LogP contribution in [-0.4, -0.2) is 63.1 Å². The number of aromatic hydroxyl groups is 2. The van der Waals surface area contributed by atoms with E-state index in [9.17, 15) is 10.2 Å². The normalized spacial score (nSPS) is 11.9. The van der Waals surface area contributed by atoms with Gasteiger partial charge in [0.1, 0.15) is 36.2 Å². The van der Waals surface area contributed by atoms with E-state index in [1.807, 2.05) is 12.1 Å². The van der Waals surface area contributed by atoms with Gasteiger partial charge in [-0.3, -0.25) is 0 Å². The first-order valence-electron chi connectivity index (χ1n) is 21.8. The van der Waals surface area contributed by atoms with Crippen LogP contribution in [0.2, 0.25) is 0 Å². The van der Waals surface area contributed by atoms with Gasteiger partial charge in [0.2, 0.25) is 0 Å². The molecule has 0 saturated carbocycles. The summed E-state index contributed by atoms with van der Waals surface area (Å²) in [5.74, 6) is 2.08. The fourth-order valence-corrected chi connectivity index (χ4v) is 6.38. The smallest absolute Gasteiger partial charge is 0.126 e. The zero-order chi connectivity index (χ0) is 41.7. The van der Waals surface area contributed by atoms with Crippen LogP contribution in [0.1, 0.15) is 142 Å². The zero-order valence-corrected chi connectivity index (χ0v) is 37.1. The Kier molecular flexibility index (Phi) is 26.6. The highest BCUT2D eigenvalue weighted by molar-refractivity contribution is 5.49. The van der Waals surface area contributed by atoms with Crippen molar-refractivity contribution in [2.24, 2.45) is 0 Å². The van der Waals surface area contributed by atoms with Crippen molar-refractivity contribution >= 4 is 0 Å². The minimum absolute atomic E-state index is 0.302. The number of hydrogen-bond acceptors (Lipinski definition) is 7. The van der Waals surface area contributed by atoms with Crippen molar-refractivity contribution in [2.75, 3.05) is 52.9 Å². The lowest BCUT2D eigenvalue weighted by Crippen LogP contribution is -2.14. The van der Waals surface area contributed by atoms with Crippen molar-refractivity contribution in [3.63, 3.8) is 0 Å². The fourth-order valence-electron chi connectivity index (χ4n) is 6.38. The van der Waals surface area contributed by atoms with Crippen LogP contribution in [0.25, 0.3) is 0 Å². The van der Waals surface area contributed by atoms with Crippen LogP contribution in [0.5, 0.6) is 23.0 Å². The van der Waals surface area contributed by atoms with Gasteiger partial charge in [0.05, 0.1) is 39.6 Å². The van der Waals surface area contributed by atoms with E-state index in [-0.39, 0.29) is 0 Å². The van der Waals surface area contributed by atoms with Crippen molar-refractivity contribution < 1.29 is 33.9 Å². The lowest BCUT2D eigenvalue weighted by molar-refractivity contribution is 0.00490. The van der Waals surface area contributed by atoms with Gasteiger partial charge < -0.3 is 33.9 Å². The molecule has 0 aliphatic carbocycles. The summed E-state index contributed by atoms with van der Waals surface area (Å²) >= 11 is 0. The van der Waals surface area contributed by atoms with E-state index in [1.54, 1.807) is 0 Å². The van der Waals surface area contributed by atoms with E-state index in [0.29, 0.717) is 77.2 Å². The third-order valence-corrected chi connectivity index (χ3v) is 9.83. The molecule has 7 heteroatoms. The van der Waals surface area contributed by atoms with Gasteiger partial charge in [0, 0.05) is 11.1 Å². The molecule has 0 amide bonds. The molecule has 0 aromatic heterocycles. The molecule has 0 radical (unpaired) electrons. The minimum atomic E-state index is 0.302. The molecule has 2 aromatic carbocycles. The van der Waals surface area contributed by atoms with E-state index in [2.05, 4.69) is 91.8 Å². The van der Waals surface area contributed by atoms with Gasteiger partial charge >= 0.3 is 0 Å². The lowest BCUT2D eigenvalue weighted by Gasteiger charge is -2.15. The van der Waals surface area contributed by atoms with Crippen molar-refractivity contribution in [3.8, 4) is 23.0 Å². The van der Waals surface area contributed by atoms with Gasteiger partial charge in [-0.25, -0.2) is 0 Å². The first kappa shape index (κ1) is 49.6. The Labute approximate surface area is 347 Å². The second-order valence-electron chi connectivity index (χ2n) is 15.8. The first-order chi connectivity index (χ1) is 27.5. The molecule has 0 unspecified atom stereocenters. The van der Waals surface area contributed by atoms with Gasteiger partial charge in [-0.05, 0) is 141 Å². The summed E-state index contributed by atoms with van der Waals surface area (Å²) in [6, 6.07) is 7.99. The predicted molar refractivity (Wildman–Crippen MR) is 238 cm³/mol. The van der Waals surface area contributed by atoms with Gasteiger partial charge in [-0.15, -0.1) is 0 Å². The van der Waals surface area contributed by atoms with Gasteiger partial charge in [-0.1, -0.05) is 86.1 Å². The van der Waals surface area contributed by atoms with Crippen molar-refractivity contribution in [1.29, 1.82) is 0 Å². The maximum atomic E-state index is 11.0. The van der Waals surface area contributed by atoms with E-state index < -0.39 is 0 Å². The number of allylic oxidation sites excluding steroid dienone is 8. The average Bonchev–Trinajstić information content (AvgIpc) is 3.15. The highest BCUT2D eigenvalue weighted by Crippen LogP contribution is 2.33. The Morgan fingerprint density at radius 1 is 0.491 bits per heavy atom. The van der Waals surface area contributed by atoms with Crippen molar-refractivity contribution in [3.05, 3.63) is 93.1 Å². The molecule has 2 rings (SSSR count). The number of phenolic OH excluding ortho intramolecular Hbond substituents is 2. The summed E-state index contributed by atoms with van der Waals surface area (Å²) in [5.41, 5.74) is 9.14. The number of benzene rings is 2. The Morgan fingerprint density at radius 3 is 1.21 bits per heavy atom. The second-order valence-corrected chi connectivity index (χ2v) is 15.8. The molecule has 0 heterocycles. The molecular formula is C50H78O7. The minimum Gasteiger partial charge on any atom is -0.508 e. The van der Waals surface area contributed by atoms with Gasteiger partial charge in [0.25, 0.3) is 0 Å². The second kappa shape index (κ2) is 30.5. The summed E-state index contributed by atoms with van der Waals surface area (Å²) in [5, 5.41) is 21.9. The first-order valence-corrected chi connectivity index (χ1v) is 21.8. The zero-order valence-electron chi connectivity index (χ0n) is 37.1. The monoisotopic (exact) mass is 791 g/mol. The molecule has 320 valence electrons. The summed E-state index contributed by atoms with van der Waals surface area (Å²) in [6.45, 7) is 20.7. The average molecular weight is 791 g/mol. The maximum Gasteiger partial charge on any atom is 0.126 e. The fraction of sp³-hybridized carbons (Fsp3) is 0.600. The highest BCUT2D eigenvalue weighted by Gasteiger charge is 2.13. The summed E-state index contributed by atoms with van der Waals surface area (Å²) < 4.78 is 29.7. The lowest BCUT2D eigenvalue weighted by atomic mass is 10.00. The van der Waals surface area contributed by atoms with Crippen LogP contribution in [0, 0.1) is 0 Å². The van der Waals surface area contributed by atoms with Crippen molar-refractivity contribution in [1.82, 2.24) is 0 Å². The molecule has 2 N–H and O–H groups in total. The summed E-state index contributed by atoms with van der Waals surface area (Å²) in [4.78, 5) is 0. The molecular weight excluding hydrogens is 713 g/mol. The van der Waals surface area contributed by atoms with Crippen LogP contribution >= 0.6 is 0 Å². The molecule has 7 nitrogen and oxygen atoms in total.